The first-order valence-electron chi connectivity index (χ1n) is 7.24. The molecule has 1 unspecified atom stereocenters. The van der Waals surface area contributed by atoms with E-state index >= 15 is 0 Å². The Labute approximate surface area is 114 Å². The van der Waals surface area contributed by atoms with Crippen LogP contribution in [0.1, 0.15) is 31.7 Å². The van der Waals surface area contributed by atoms with Crippen LogP contribution < -0.4 is 5.73 Å². The SMILES string of the molecule is CCCn1cc(CC(CN)C(=O)N2CCCC2)cn1. The molecule has 1 fully saturated rings. The molecule has 1 aliphatic rings. The third kappa shape index (κ3) is 3.56. The summed E-state index contributed by atoms with van der Waals surface area (Å²) in [5.74, 6) is 0.112. The van der Waals surface area contributed by atoms with Crippen molar-refractivity contribution in [3.63, 3.8) is 0 Å². The van der Waals surface area contributed by atoms with Crippen LogP contribution in [0.15, 0.2) is 12.4 Å². The van der Waals surface area contributed by atoms with Gasteiger partial charge in [0.1, 0.15) is 0 Å². The van der Waals surface area contributed by atoms with E-state index in [9.17, 15) is 4.79 Å². The highest BCUT2D eigenvalue weighted by atomic mass is 16.2. The van der Waals surface area contributed by atoms with E-state index in [0.717, 1.165) is 44.5 Å². The molecule has 2 rings (SSSR count). The second kappa shape index (κ2) is 6.70. The van der Waals surface area contributed by atoms with E-state index in [4.69, 9.17) is 5.73 Å². The Morgan fingerprint density at radius 3 is 2.84 bits per heavy atom. The van der Waals surface area contributed by atoms with Gasteiger partial charge in [0.25, 0.3) is 0 Å². The van der Waals surface area contributed by atoms with Gasteiger partial charge in [0.05, 0.1) is 12.1 Å². The van der Waals surface area contributed by atoms with Crippen LogP contribution >= 0.6 is 0 Å². The summed E-state index contributed by atoms with van der Waals surface area (Å²) in [6.07, 6.45) is 7.90. The average Bonchev–Trinajstić information content (AvgIpc) is 3.07. The number of amides is 1. The maximum absolute atomic E-state index is 12.3. The fourth-order valence-electron chi connectivity index (χ4n) is 2.61. The Morgan fingerprint density at radius 2 is 2.21 bits per heavy atom. The molecule has 106 valence electrons. The van der Waals surface area contributed by atoms with Crippen molar-refractivity contribution in [2.45, 2.75) is 39.2 Å². The summed E-state index contributed by atoms with van der Waals surface area (Å²) >= 11 is 0. The normalized spacial score (nSPS) is 16.8. The zero-order chi connectivity index (χ0) is 13.7. The molecule has 5 nitrogen and oxygen atoms in total. The van der Waals surface area contributed by atoms with Crippen LogP contribution in [-0.2, 0) is 17.8 Å². The summed E-state index contributed by atoms with van der Waals surface area (Å²) in [7, 11) is 0. The highest BCUT2D eigenvalue weighted by Gasteiger charge is 2.25. The van der Waals surface area contributed by atoms with Gasteiger partial charge in [-0.05, 0) is 31.2 Å². The number of hydrogen-bond donors (Lipinski definition) is 1. The molecular formula is C14H24N4O. The zero-order valence-corrected chi connectivity index (χ0v) is 11.7. The van der Waals surface area contributed by atoms with Crippen molar-refractivity contribution in [3.8, 4) is 0 Å². The molecule has 2 N–H and O–H groups in total. The lowest BCUT2D eigenvalue weighted by Gasteiger charge is -2.21. The van der Waals surface area contributed by atoms with Gasteiger partial charge in [-0.1, -0.05) is 6.92 Å². The predicted octanol–water partition coefficient (Wildman–Crippen LogP) is 1.03. The number of hydrogen-bond acceptors (Lipinski definition) is 3. The zero-order valence-electron chi connectivity index (χ0n) is 11.7. The molecule has 2 heterocycles. The topological polar surface area (TPSA) is 64.2 Å². The molecule has 1 aromatic heterocycles. The van der Waals surface area contributed by atoms with Crippen LogP contribution in [0, 0.1) is 5.92 Å². The van der Waals surface area contributed by atoms with Crippen LogP contribution in [-0.4, -0.2) is 40.2 Å². The molecule has 0 aromatic carbocycles. The van der Waals surface area contributed by atoms with Crippen molar-refractivity contribution in [1.82, 2.24) is 14.7 Å². The second-order valence-electron chi connectivity index (χ2n) is 5.28. The lowest BCUT2D eigenvalue weighted by molar-refractivity contribution is -0.134. The highest BCUT2D eigenvalue weighted by molar-refractivity contribution is 5.79. The maximum atomic E-state index is 12.3. The van der Waals surface area contributed by atoms with E-state index in [1.54, 1.807) is 0 Å². The van der Waals surface area contributed by atoms with Gasteiger partial charge in [0.15, 0.2) is 0 Å². The molecule has 0 aliphatic carbocycles. The van der Waals surface area contributed by atoms with E-state index in [-0.39, 0.29) is 11.8 Å². The minimum atomic E-state index is -0.0997. The second-order valence-corrected chi connectivity index (χ2v) is 5.28. The molecule has 1 atom stereocenters. The molecule has 5 heteroatoms. The molecule has 0 bridgehead atoms. The Balaban J connectivity index is 1.95. The third-order valence-electron chi connectivity index (χ3n) is 3.67. The number of rotatable bonds is 6. The van der Waals surface area contributed by atoms with E-state index in [2.05, 4.69) is 12.0 Å². The van der Waals surface area contributed by atoms with Crippen molar-refractivity contribution < 1.29 is 4.79 Å². The Bertz CT molecular complexity index is 409. The minimum absolute atomic E-state index is 0.0997. The number of carbonyl (C=O) groups is 1. The summed E-state index contributed by atoms with van der Waals surface area (Å²) in [5.41, 5.74) is 6.89. The largest absolute Gasteiger partial charge is 0.342 e. The fraction of sp³-hybridized carbons (Fsp3) is 0.714. The van der Waals surface area contributed by atoms with Gasteiger partial charge in [0, 0.05) is 32.4 Å². The number of aryl methyl sites for hydroxylation is 1. The van der Waals surface area contributed by atoms with Gasteiger partial charge in [-0.15, -0.1) is 0 Å². The molecule has 0 spiro atoms. The van der Waals surface area contributed by atoms with Crippen molar-refractivity contribution >= 4 is 5.91 Å². The highest BCUT2D eigenvalue weighted by Crippen LogP contribution is 2.15. The van der Waals surface area contributed by atoms with Crippen LogP contribution in [0.4, 0.5) is 0 Å². The number of carbonyl (C=O) groups excluding carboxylic acids is 1. The molecule has 19 heavy (non-hydrogen) atoms. The van der Waals surface area contributed by atoms with Crippen molar-refractivity contribution in [3.05, 3.63) is 18.0 Å². The van der Waals surface area contributed by atoms with Gasteiger partial charge < -0.3 is 10.6 Å². The standard InChI is InChI=1S/C14H24N4O/c1-2-5-18-11-12(10-16-18)8-13(9-15)14(19)17-6-3-4-7-17/h10-11,13H,2-9,15H2,1H3. The summed E-state index contributed by atoms with van der Waals surface area (Å²) in [6, 6.07) is 0. The molecular weight excluding hydrogens is 240 g/mol. The van der Waals surface area contributed by atoms with Crippen LogP contribution in [0.5, 0.6) is 0 Å². The van der Waals surface area contributed by atoms with Gasteiger partial charge in [-0.3, -0.25) is 9.48 Å². The smallest absolute Gasteiger partial charge is 0.227 e. The fourth-order valence-corrected chi connectivity index (χ4v) is 2.61. The molecule has 1 amide bonds. The van der Waals surface area contributed by atoms with Crippen molar-refractivity contribution in [1.29, 1.82) is 0 Å². The van der Waals surface area contributed by atoms with Gasteiger partial charge in [-0.25, -0.2) is 0 Å². The first-order chi connectivity index (χ1) is 9.24. The van der Waals surface area contributed by atoms with Crippen LogP contribution in [0.25, 0.3) is 0 Å². The lowest BCUT2D eigenvalue weighted by atomic mass is 10.0. The Morgan fingerprint density at radius 1 is 1.47 bits per heavy atom. The number of nitrogens with zero attached hydrogens (tertiary/aromatic N) is 3. The van der Waals surface area contributed by atoms with E-state index in [1.807, 2.05) is 22.0 Å². The monoisotopic (exact) mass is 264 g/mol. The van der Waals surface area contributed by atoms with Gasteiger partial charge in [-0.2, -0.15) is 5.10 Å². The summed E-state index contributed by atoms with van der Waals surface area (Å²) in [4.78, 5) is 14.3. The first kappa shape index (κ1) is 14.1. The predicted molar refractivity (Wildman–Crippen MR) is 74.6 cm³/mol. The van der Waals surface area contributed by atoms with Crippen LogP contribution in [0.3, 0.4) is 0 Å². The minimum Gasteiger partial charge on any atom is -0.342 e. The lowest BCUT2D eigenvalue weighted by Crippen LogP contribution is -2.38. The third-order valence-corrected chi connectivity index (χ3v) is 3.67. The summed E-state index contributed by atoms with van der Waals surface area (Å²) < 4.78 is 1.93. The average molecular weight is 264 g/mol. The first-order valence-corrected chi connectivity index (χ1v) is 7.24. The number of aromatic nitrogens is 2. The molecule has 1 saturated heterocycles. The Kier molecular flexibility index (Phi) is 4.96. The quantitative estimate of drug-likeness (QED) is 0.834. The van der Waals surface area contributed by atoms with E-state index in [1.165, 1.54) is 0 Å². The van der Waals surface area contributed by atoms with Crippen molar-refractivity contribution in [2.75, 3.05) is 19.6 Å². The van der Waals surface area contributed by atoms with Crippen molar-refractivity contribution in [2.24, 2.45) is 11.7 Å². The van der Waals surface area contributed by atoms with Gasteiger partial charge >= 0.3 is 0 Å². The molecule has 0 saturated carbocycles. The Hall–Kier alpha value is -1.36. The molecule has 0 radical (unpaired) electrons. The van der Waals surface area contributed by atoms with Crippen LogP contribution in [0.2, 0.25) is 0 Å². The number of likely N-dealkylation sites (tertiary alicyclic amines) is 1. The maximum Gasteiger partial charge on any atom is 0.227 e. The molecule has 1 aliphatic heterocycles. The van der Waals surface area contributed by atoms with Gasteiger partial charge in [0.2, 0.25) is 5.91 Å². The van der Waals surface area contributed by atoms with E-state index < -0.39 is 0 Å². The summed E-state index contributed by atoms with van der Waals surface area (Å²) in [6.45, 7) is 5.25. The molecule has 1 aromatic rings. The van der Waals surface area contributed by atoms with E-state index in [0.29, 0.717) is 13.0 Å². The number of nitrogens with two attached hydrogens (primary N) is 1. The summed E-state index contributed by atoms with van der Waals surface area (Å²) in [5, 5.41) is 4.30.